The number of benzene rings is 1. The van der Waals surface area contributed by atoms with E-state index in [2.05, 4.69) is 22.1 Å². The molecule has 2 saturated heterocycles. The van der Waals surface area contributed by atoms with Gasteiger partial charge in [0.2, 0.25) is 5.91 Å². The molecule has 166 valence electrons. The summed E-state index contributed by atoms with van der Waals surface area (Å²) in [6.07, 6.45) is 7.64. The van der Waals surface area contributed by atoms with Crippen LogP contribution in [0.3, 0.4) is 0 Å². The number of nitrogens with zero attached hydrogens (tertiary/aromatic N) is 4. The molecule has 1 aromatic heterocycles. The van der Waals surface area contributed by atoms with Crippen molar-refractivity contribution in [1.82, 2.24) is 20.0 Å². The molecule has 0 aliphatic carbocycles. The number of aromatic nitrogens is 2. The largest absolute Gasteiger partial charge is 0.342 e. The van der Waals surface area contributed by atoms with Crippen LogP contribution < -0.4 is 4.90 Å². The van der Waals surface area contributed by atoms with E-state index in [9.17, 15) is 9.59 Å². The molecule has 0 bridgehead atoms. The first-order valence-electron chi connectivity index (χ1n) is 11.4. The Morgan fingerprint density at radius 2 is 1.94 bits per heavy atom. The van der Waals surface area contributed by atoms with Crippen molar-refractivity contribution in [2.24, 2.45) is 0 Å². The zero-order chi connectivity index (χ0) is 21.8. The van der Waals surface area contributed by atoms with E-state index in [1.165, 1.54) is 12.8 Å². The highest BCUT2D eigenvalue weighted by Crippen LogP contribution is 2.30. The van der Waals surface area contributed by atoms with Gasteiger partial charge in [-0.1, -0.05) is 24.6 Å². The summed E-state index contributed by atoms with van der Waals surface area (Å²) in [6, 6.07) is 9.96. The summed E-state index contributed by atoms with van der Waals surface area (Å²) in [5.74, 6) is 0.256. The SMILES string of the molecule is CN(C(=O)c1cn[nH]c1[C@@H]1CCCN(C(=O)C[C@H]2CCCCN2C)C1)c1ccccc1. The van der Waals surface area contributed by atoms with E-state index in [4.69, 9.17) is 0 Å². The topological polar surface area (TPSA) is 72.5 Å². The van der Waals surface area contributed by atoms with Crippen LogP contribution in [0.5, 0.6) is 0 Å². The van der Waals surface area contributed by atoms with Crippen LogP contribution in [0.2, 0.25) is 0 Å². The second-order valence-corrected chi connectivity index (χ2v) is 8.91. The highest BCUT2D eigenvalue weighted by atomic mass is 16.2. The lowest BCUT2D eigenvalue weighted by atomic mass is 9.91. The summed E-state index contributed by atoms with van der Waals surface area (Å²) < 4.78 is 0. The molecule has 2 aliphatic rings. The Morgan fingerprint density at radius 3 is 2.71 bits per heavy atom. The van der Waals surface area contributed by atoms with Gasteiger partial charge < -0.3 is 14.7 Å². The summed E-state index contributed by atoms with van der Waals surface area (Å²) in [7, 11) is 3.91. The van der Waals surface area contributed by atoms with E-state index in [1.54, 1.807) is 18.1 Å². The molecule has 2 amide bonds. The number of H-pyrrole nitrogens is 1. The Bertz CT molecular complexity index is 896. The van der Waals surface area contributed by atoms with Gasteiger partial charge in [-0.25, -0.2) is 0 Å². The van der Waals surface area contributed by atoms with Crippen molar-refractivity contribution in [3.63, 3.8) is 0 Å². The maximum Gasteiger partial charge on any atom is 0.261 e. The van der Waals surface area contributed by atoms with Crippen molar-refractivity contribution in [3.8, 4) is 0 Å². The molecule has 7 nitrogen and oxygen atoms in total. The van der Waals surface area contributed by atoms with Crippen LogP contribution in [-0.2, 0) is 4.79 Å². The number of carbonyl (C=O) groups excluding carboxylic acids is 2. The van der Waals surface area contributed by atoms with Crippen molar-refractivity contribution in [1.29, 1.82) is 0 Å². The maximum atomic E-state index is 13.2. The number of piperidine rings is 2. The second-order valence-electron chi connectivity index (χ2n) is 8.91. The monoisotopic (exact) mass is 423 g/mol. The minimum absolute atomic E-state index is 0.0813. The van der Waals surface area contributed by atoms with Crippen molar-refractivity contribution >= 4 is 17.5 Å². The van der Waals surface area contributed by atoms with Gasteiger partial charge in [0, 0.05) is 44.2 Å². The molecule has 0 spiro atoms. The predicted octanol–water partition coefficient (Wildman–Crippen LogP) is 3.27. The van der Waals surface area contributed by atoms with Crippen LogP contribution in [0.1, 0.15) is 60.5 Å². The molecule has 1 aromatic carbocycles. The average molecular weight is 424 g/mol. The minimum atomic E-state index is -0.0813. The Hall–Kier alpha value is -2.67. The van der Waals surface area contributed by atoms with Gasteiger partial charge in [-0.15, -0.1) is 0 Å². The maximum absolute atomic E-state index is 13.2. The number of para-hydroxylation sites is 1. The fourth-order valence-electron chi connectivity index (χ4n) is 4.90. The van der Waals surface area contributed by atoms with Crippen molar-refractivity contribution in [2.45, 2.75) is 50.5 Å². The lowest BCUT2D eigenvalue weighted by molar-refractivity contribution is -0.134. The molecule has 2 fully saturated rings. The number of hydrogen-bond donors (Lipinski definition) is 1. The molecule has 2 aromatic rings. The van der Waals surface area contributed by atoms with Gasteiger partial charge in [-0.2, -0.15) is 5.10 Å². The van der Waals surface area contributed by atoms with Crippen LogP contribution in [-0.4, -0.2) is 71.6 Å². The van der Waals surface area contributed by atoms with Gasteiger partial charge in [0.05, 0.1) is 17.5 Å². The number of likely N-dealkylation sites (tertiary alicyclic amines) is 2. The number of anilines is 1. The van der Waals surface area contributed by atoms with Gasteiger partial charge in [0.15, 0.2) is 0 Å². The third kappa shape index (κ3) is 4.82. The van der Waals surface area contributed by atoms with Crippen molar-refractivity contribution in [3.05, 3.63) is 47.8 Å². The first-order valence-corrected chi connectivity index (χ1v) is 11.4. The average Bonchev–Trinajstić information content (AvgIpc) is 3.30. The smallest absolute Gasteiger partial charge is 0.261 e. The van der Waals surface area contributed by atoms with Crippen LogP contribution >= 0.6 is 0 Å². The minimum Gasteiger partial charge on any atom is -0.342 e. The van der Waals surface area contributed by atoms with E-state index in [1.807, 2.05) is 35.2 Å². The first kappa shape index (κ1) is 21.6. The van der Waals surface area contributed by atoms with Gasteiger partial charge >= 0.3 is 0 Å². The lowest BCUT2D eigenvalue weighted by Gasteiger charge is -2.36. The molecule has 1 N–H and O–H groups in total. The molecule has 31 heavy (non-hydrogen) atoms. The molecule has 0 saturated carbocycles. The summed E-state index contributed by atoms with van der Waals surface area (Å²) in [6.45, 7) is 2.52. The van der Waals surface area contributed by atoms with E-state index in [0.29, 0.717) is 24.6 Å². The van der Waals surface area contributed by atoms with Crippen molar-refractivity contribution < 1.29 is 9.59 Å². The number of aromatic amines is 1. The predicted molar refractivity (Wildman–Crippen MR) is 121 cm³/mol. The highest BCUT2D eigenvalue weighted by Gasteiger charge is 2.31. The standard InChI is InChI=1S/C24H33N5O2/c1-27-13-7-6-12-20(27)15-22(30)29-14-8-9-18(17-29)23-21(16-25-26-23)24(31)28(2)19-10-4-3-5-11-19/h3-5,10-11,16,18,20H,6-9,12-15,17H2,1-2H3,(H,25,26)/t18-,20-/m1/s1. The number of amides is 2. The van der Waals surface area contributed by atoms with Crippen LogP contribution in [0, 0.1) is 0 Å². The number of nitrogens with one attached hydrogen (secondary N) is 1. The number of rotatable bonds is 5. The number of hydrogen-bond acceptors (Lipinski definition) is 4. The molecule has 3 heterocycles. The summed E-state index contributed by atoms with van der Waals surface area (Å²) in [5, 5.41) is 7.25. The second kappa shape index (κ2) is 9.64. The van der Waals surface area contributed by atoms with Crippen LogP contribution in [0.15, 0.2) is 36.5 Å². The highest BCUT2D eigenvalue weighted by molar-refractivity contribution is 6.06. The summed E-state index contributed by atoms with van der Waals surface area (Å²) in [5.41, 5.74) is 2.29. The zero-order valence-corrected chi connectivity index (χ0v) is 18.6. The van der Waals surface area contributed by atoms with E-state index in [-0.39, 0.29) is 17.7 Å². The normalized spacial score (nSPS) is 22.3. The molecule has 0 radical (unpaired) electrons. The molecular weight excluding hydrogens is 390 g/mol. The van der Waals surface area contributed by atoms with Crippen LogP contribution in [0.4, 0.5) is 5.69 Å². The Morgan fingerprint density at radius 1 is 1.13 bits per heavy atom. The molecule has 7 heteroatoms. The third-order valence-electron chi connectivity index (χ3n) is 6.86. The van der Waals surface area contributed by atoms with Gasteiger partial charge in [0.25, 0.3) is 5.91 Å². The third-order valence-corrected chi connectivity index (χ3v) is 6.86. The van der Waals surface area contributed by atoms with Gasteiger partial charge in [-0.05, 0) is 51.4 Å². The van der Waals surface area contributed by atoms with Crippen LogP contribution in [0.25, 0.3) is 0 Å². The fourth-order valence-corrected chi connectivity index (χ4v) is 4.90. The molecule has 2 atom stereocenters. The first-order chi connectivity index (χ1) is 15.0. The molecule has 2 aliphatic heterocycles. The molecule has 4 rings (SSSR count). The van der Waals surface area contributed by atoms with Gasteiger partial charge in [-0.3, -0.25) is 14.7 Å². The van der Waals surface area contributed by atoms with Gasteiger partial charge in [0.1, 0.15) is 0 Å². The summed E-state index contributed by atoms with van der Waals surface area (Å²) >= 11 is 0. The fraction of sp³-hybridized carbons (Fsp3) is 0.542. The Balaban J connectivity index is 1.44. The van der Waals surface area contributed by atoms with E-state index < -0.39 is 0 Å². The number of carbonyl (C=O) groups is 2. The van der Waals surface area contributed by atoms with E-state index >= 15 is 0 Å². The zero-order valence-electron chi connectivity index (χ0n) is 18.6. The Kier molecular flexibility index (Phi) is 6.70. The van der Waals surface area contributed by atoms with Crippen molar-refractivity contribution in [2.75, 3.05) is 38.6 Å². The molecule has 0 unspecified atom stereocenters. The quantitative estimate of drug-likeness (QED) is 0.801. The lowest BCUT2D eigenvalue weighted by Crippen LogP contribution is -2.44. The molecular formula is C24H33N5O2. The summed E-state index contributed by atoms with van der Waals surface area (Å²) in [4.78, 5) is 32.2. The van der Waals surface area contributed by atoms with E-state index in [0.717, 1.165) is 43.7 Å². The Labute approximate surface area is 184 Å².